The van der Waals surface area contributed by atoms with Crippen LogP contribution in [0.3, 0.4) is 0 Å². The molecule has 2 aliphatic rings. The van der Waals surface area contributed by atoms with Crippen LogP contribution in [0.5, 0.6) is 0 Å². The van der Waals surface area contributed by atoms with Crippen molar-refractivity contribution < 1.29 is 14.3 Å². The number of carbonyl (C=O) groups excluding carboxylic acids is 2. The van der Waals surface area contributed by atoms with E-state index in [1.165, 1.54) is 6.92 Å². The fraction of sp³-hybridized carbons (Fsp3) is 0.778. The summed E-state index contributed by atoms with van der Waals surface area (Å²) in [6.45, 7) is 2.12. The molecule has 1 saturated carbocycles. The lowest BCUT2D eigenvalue weighted by Gasteiger charge is -2.16. The molecule has 0 bridgehead atoms. The first-order valence-electron chi connectivity index (χ1n) is 4.36. The second-order valence-electron chi connectivity index (χ2n) is 3.87. The number of piperidine rings is 1. The van der Waals surface area contributed by atoms with Gasteiger partial charge >= 0.3 is 0 Å². The van der Waals surface area contributed by atoms with Gasteiger partial charge in [0.1, 0.15) is 11.2 Å². The van der Waals surface area contributed by atoms with Crippen molar-refractivity contribution in [1.29, 1.82) is 0 Å². The number of nitrogens with zero attached hydrogens (tertiary/aromatic N) is 1. The molecule has 0 aromatic carbocycles. The zero-order valence-corrected chi connectivity index (χ0v) is 8.03. The fourth-order valence-corrected chi connectivity index (χ4v) is 2.60. The molecular formula is C9H13NO3. The maximum atomic E-state index is 11.7. The Morgan fingerprint density at radius 3 is 2.69 bits per heavy atom. The van der Waals surface area contributed by atoms with Crippen LogP contribution >= 0.6 is 0 Å². The molecule has 1 amide bonds. The second kappa shape index (κ2) is 2.32. The van der Waals surface area contributed by atoms with E-state index in [2.05, 4.69) is 0 Å². The second-order valence-corrected chi connectivity index (χ2v) is 3.87. The van der Waals surface area contributed by atoms with Gasteiger partial charge < -0.3 is 9.64 Å². The predicted octanol–water partition coefficient (Wildman–Crippen LogP) is -0.321. The average molecular weight is 183 g/mol. The number of ketones is 1. The summed E-state index contributed by atoms with van der Waals surface area (Å²) >= 11 is 0. The van der Waals surface area contributed by atoms with Gasteiger partial charge in [0.05, 0.1) is 6.10 Å². The predicted molar refractivity (Wildman–Crippen MR) is 45.0 cm³/mol. The molecule has 1 aliphatic heterocycles. The average Bonchev–Trinajstić information content (AvgIpc) is 2.64. The van der Waals surface area contributed by atoms with Crippen LogP contribution in [0, 0.1) is 11.3 Å². The summed E-state index contributed by atoms with van der Waals surface area (Å²) in [5.41, 5.74) is -0.816. The third-order valence-corrected chi connectivity index (χ3v) is 3.30. The SMILES string of the molecule is COC1C2CN(C)C(=O)C21C(C)=O. The molecule has 3 unspecified atom stereocenters. The Hall–Kier alpha value is -0.900. The lowest BCUT2D eigenvalue weighted by atomic mass is 10.0. The van der Waals surface area contributed by atoms with Gasteiger partial charge in [-0.25, -0.2) is 0 Å². The van der Waals surface area contributed by atoms with Crippen LogP contribution in [0.2, 0.25) is 0 Å². The minimum absolute atomic E-state index is 0.0568. The number of hydrogen-bond donors (Lipinski definition) is 0. The number of rotatable bonds is 2. The summed E-state index contributed by atoms with van der Waals surface area (Å²) in [4.78, 5) is 24.7. The van der Waals surface area contributed by atoms with E-state index in [1.54, 1.807) is 19.1 Å². The quantitative estimate of drug-likeness (QED) is 0.551. The molecule has 4 nitrogen and oxygen atoms in total. The first kappa shape index (κ1) is 8.69. The number of likely N-dealkylation sites (tertiary alicyclic amines) is 1. The standard InChI is InChI=1S/C9H13NO3/c1-5(11)9-6(7(9)13-3)4-10(2)8(9)12/h6-7H,4H2,1-3H3. The molecular weight excluding hydrogens is 170 g/mol. The Kier molecular flexibility index (Phi) is 1.55. The molecule has 13 heavy (non-hydrogen) atoms. The molecule has 2 fully saturated rings. The highest BCUT2D eigenvalue weighted by Crippen LogP contribution is 2.60. The minimum atomic E-state index is -0.816. The normalized spacial score (nSPS) is 42.1. The first-order valence-corrected chi connectivity index (χ1v) is 4.36. The van der Waals surface area contributed by atoms with E-state index in [-0.39, 0.29) is 23.7 Å². The summed E-state index contributed by atoms with van der Waals surface area (Å²) in [5.74, 6) is -0.0388. The number of hydrogen-bond acceptors (Lipinski definition) is 3. The molecule has 0 spiro atoms. The van der Waals surface area contributed by atoms with E-state index in [9.17, 15) is 9.59 Å². The van der Waals surface area contributed by atoms with Crippen molar-refractivity contribution in [3.05, 3.63) is 0 Å². The Morgan fingerprint density at radius 2 is 2.31 bits per heavy atom. The van der Waals surface area contributed by atoms with Crippen molar-refractivity contribution in [2.75, 3.05) is 20.7 Å². The molecule has 0 aromatic rings. The molecule has 0 aromatic heterocycles. The zero-order valence-electron chi connectivity index (χ0n) is 8.03. The van der Waals surface area contributed by atoms with Crippen LogP contribution in [-0.4, -0.2) is 43.4 Å². The van der Waals surface area contributed by atoms with Crippen molar-refractivity contribution in [1.82, 2.24) is 4.90 Å². The van der Waals surface area contributed by atoms with E-state index >= 15 is 0 Å². The minimum Gasteiger partial charge on any atom is -0.379 e. The van der Waals surface area contributed by atoms with Crippen LogP contribution in [0.1, 0.15) is 6.92 Å². The van der Waals surface area contributed by atoms with Gasteiger partial charge in [0.2, 0.25) is 5.91 Å². The maximum absolute atomic E-state index is 11.7. The number of amides is 1. The topological polar surface area (TPSA) is 46.6 Å². The van der Waals surface area contributed by atoms with E-state index < -0.39 is 5.41 Å². The number of Topliss-reactive ketones (excluding diaryl/α,β-unsaturated/α-hetero) is 1. The molecule has 0 N–H and O–H groups in total. The Morgan fingerprint density at radius 1 is 1.69 bits per heavy atom. The number of ether oxygens (including phenoxy) is 1. The van der Waals surface area contributed by atoms with Gasteiger partial charge in [-0.2, -0.15) is 0 Å². The molecule has 1 aliphatic carbocycles. The van der Waals surface area contributed by atoms with Gasteiger partial charge in [0, 0.05) is 26.6 Å². The van der Waals surface area contributed by atoms with E-state index in [4.69, 9.17) is 4.74 Å². The Balaban J connectivity index is 2.34. The zero-order chi connectivity index (χ0) is 9.80. The van der Waals surface area contributed by atoms with Crippen LogP contribution in [-0.2, 0) is 14.3 Å². The molecule has 2 rings (SSSR count). The van der Waals surface area contributed by atoms with E-state index in [1.807, 2.05) is 0 Å². The van der Waals surface area contributed by atoms with Crippen molar-refractivity contribution in [3.63, 3.8) is 0 Å². The van der Waals surface area contributed by atoms with Gasteiger partial charge in [-0.05, 0) is 6.92 Å². The molecule has 1 heterocycles. The largest absolute Gasteiger partial charge is 0.379 e. The molecule has 4 heteroatoms. The number of methoxy groups -OCH3 is 1. The van der Waals surface area contributed by atoms with Crippen LogP contribution < -0.4 is 0 Å². The van der Waals surface area contributed by atoms with E-state index in [0.717, 1.165) is 0 Å². The Bertz CT molecular complexity index is 289. The highest BCUT2D eigenvalue weighted by atomic mass is 16.5. The van der Waals surface area contributed by atoms with Crippen LogP contribution in [0.25, 0.3) is 0 Å². The summed E-state index contributed by atoms with van der Waals surface area (Å²) < 4.78 is 5.14. The smallest absolute Gasteiger partial charge is 0.239 e. The van der Waals surface area contributed by atoms with Crippen molar-refractivity contribution in [2.24, 2.45) is 11.3 Å². The molecule has 72 valence electrons. The number of fused-ring (bicyclic) bond motifs is 1. The van der Waals surface area contributed by atoms with Gasteiger partial charge in [-0.3, -0.25) is 9.59 Å². The van der Waals surface area contributed by atoms with Crippen molar-refractivity contribution in [2.45, 2.75) is 13.0 Å². The third kappa shape index (κ3) is 0.746. The van der Waals surface area contributed by atoms with Gasteiger partial charge in [-0.15, -0.1) is 0 Å². The molecule has 1 saturated heterocycles. The number of carbonyl (C=O) groups is 2. The highest BCUT2D eigenvalue weighted by Gasteiger charge is 2.78. The van der Waals surface area contributed by atoms with Gasteiger partial charge in [0.15, 0.2) is 0 Å². The molecule has 0 radical (unpaired) electrons. The summed E-state index contributed by atoms with van der Waals surface area (Å²) in [5, 5.41) is 0. The lowest BCUT2D eigenvalue weighted by Crippen LogP contribution is -2.36. The van der Waals surface area contributed by atoms with Crippen molar-refractivity contribution in [3.8, 4) is 0 Å². The van der Waals surface area contributed by atoms with Crippen LogP contribution in [0.15, 0.2) is 0 Å². The monoisotopic (exact) mass is 183 g/mol. The van der Waals surface area contributed by atoms with E-state index in [0.29, 0.717) is 6.54 Å². The highest BCUT2D eigenvalue weighted by molar-refractivity contribution is 6.11. The van der Waals surface area contributed by atoms with Crippen molar-refractivity contribution >= 4 is 11.7 Å². The van der Waals surface area contributed by atoms with Gasteiger partial charge in [0.25, 0.3) is 0 Å². The lowest BCUT2D eigenvalue weighted by molar-refractivity contribution is -0.141. The fourth-order valence-electron chi connectivity index (χ4n) is 2.60. The summed E-state index contributed by atoms with van der Waals surface area (Å²) in [7, 11) is 3.28. The first-order chi connectivity index (χ1) is 6.06. The summed E-state index contributed by atoms with van der Waals surface area (Å²) in [6, 6.07) is 0. The third-order valence-electron chi connectivity index (χ3n) is 3.30. The summed E-state index contributed by atoms with van der Waals surface area (Å²) in [6.07, 6.45) is -0.173. The van der Waals surface area contributed by atoms with Gasteiger partial charge in [-0.1, -0.05) is 0 Å². The Labute approximate surface area is 76.8 Å². The van der Waals surface area contributed by atoms with Crippen LogP contribution in [0.4, 0.5) is 0 Å². The molecule has 3 atom stereocenters. The maximum Gasteiger partial charge on any atom is 0.239 e.